The quantitative estimate of drug-likeness (QED) is 0.166. The van der Waals surface area contributed by atoms with Crippen LogP contribution < -0.4 is 0 Å². The summed E-state index contributed by atoms with van der Waals surface area (Å²) < 4.78 is 49.6. The fraction of sp³-hybridized carbons (Fsp3) is 0.0303. The first-order chi connectivity index (χ1) is 21.1. The first-order valence-electron chi connectivity index (χ1n) is 13.0. The number of ether oxygens (including phenoxy) is 1. The van der Waals surface area contributed by atoms with E-state index in [-0.39, 0.29) is 26.7 Å². The summed E-state index contributed by atoms with van der Waals surface area (Å²) in [7, 11) is -3.01. The number of rotatable bonds is 6. The smallest absolute Gasteiger partial charge is 0.337 e. The molecule has 0 amide bonds. The van der Waals surface area contributed by atoms with Gasteiger partial charge in [0.2, 0.25) is 0 Å². The van der Waals surface area contributed by atoms with Crippen LogP contribution in [0.5, 0.6) is 0 Å². The Morgan fingerprint density at radius 1 is 0.932 bits per heavy atom. The molecular weight excluding hydrogens is 642 g/mol. The number of fused-ring (bicyclic) bond motifs is 1. The van der Waals surface area contributed by atoms with Crippen LogP contribution in [-0.4, -0.2) is 25.5 Å². The number of hydrogen-bond acceptors (Lipinski definition) is 6. The molecule has 0 spiro atoms. The van der Waals surface area contributed by atoms with E-state index in [4.69, 9.17) is 27.9 Å². The second-order valence-electron chi connectivity index (χ2n) is 9.65. The minimum Gasteiger partial charge on any atom is -0.465 e. The number of esters is 1. The van der Waals surface area contributed by atoms with Gasteiger partial charge in [-0.2, -0.15) is 5.26 Å². The second-order valence-corrected chi connectivity index (χ2v) is 13.2. The largest absolute Gasteiger partial charge is 0.465 e. The molecule has 0 radical (unpaired) electrons. The molecule has 6 rings (SSSR count). The van der Waals surface area contributed by atoms with Crippen LogP contribution in [0.25, 0.3) is 44.4 Å². The third-order valence-electron chi connectivity index (χ3n) is 7.11. The lowest BCUT2D eigenvalue weighted by molar-refractivity contribution is 0.0600. The van der Waals surface area contributed by atoms with Crippen LogP contribution in [0, 0.1) is 17.1 Å². The van der Waals surface area contributed by atoms with Gasteiger partial charge >= 0.3 is 5.97 Å². The van der Waals surface area contributed by atoms with E-state index in [9.17, 15) is 22.9 Å². The number of hydrogen-bond donors (Lipinski definition) is 0. The molecule has 0 bridgehead atoms. The molecule has 6 nitrogen and oxygen atoms in total. The molecule has 0 aliphatic rings. The van der Waals surface area contributed by atoms with Crippen LogP contribution in [-0.2, 0) is 14.8 Å². The lowest BCUT2D eigenvalue weighted by Gasteiger charge is -2.15. The Balaban J connectivity index is 1.70. The number of methoxy groups -OCH3 is 1. The zero-order chi connectivity index (χ0) is 31.2. The van der Waals surface area contributed by atoms with Crippen LogP contribution in [0.15, 0.2) is 101 Å². The van der Waals surface area contributed by atoms with Crippen molar-refractivity contribution in [3.63, 3.8) is 0 Å². The Bertz CT molecular complexity index is 2250. The van der Waals surface area contributed by atoms with Gasteiger partial charge in [0.25, 0.3) is 10.0 Å². The predicted molar refractivity (Wildman–Crippen MR) is 171 cm³/mol. The summed E-state index contributed by atoms with van der Waals surface area (Å²) in [4.78, 5) is 12.3. The maximum atomic E-state index is 14.8. The summed E-state index contributed by atoms with van der Waals surface area (Å²) in [5.41, 5.74) is 3.29. The minimum absolute atomic E-state index is 0.0284. The van der Waals surface area contributed by atoms with E-state index < -0.39 is 21.8 Å². The molecule has 2 heterocycles. The first-order valence-corrected chi connectivity index (χ1v) is 16.0. The van der Waals surface area contributed by atoms with Gasteiger partial charge in [-0.25, -0.2) is 21.6 Å². The van der Waals surface area contributed by atoms with Crippen LogP contribution in [0.2, 0.25) is 10.0 Å². The molecule has 0 aliphatic heterocycles. The molecule has 0 atom stereocenters. The molecule has 6 aromatic rings. The van der Waals surface area contributed by atoms with Crippen molar-refractivity contribution < 1.29 is 22.3 Å². The Hall–Kier alpha value is -4.46. The highest BCUT2D eigenvalue weighted by molar-refractivity contribution is 7.90. The monoisotopic (exact) mass is 660 g/mol. The van der Waals surface area contributed by atoms with Crippen molar-refractivity contribution in [3.05, 3.63) is 123 Å². The molecule has 0 saturated carbocycles. The van der Waals surface area contributed by atoms with Gasteiger partial charge in [0, 0.05) is 37.7 Å². The molecule has 218 valence electrons. The summed E-state index contributed by atoms with van der Waals surface area (Å²) in [6, 6.07) is 25.3. The molecule has 0 aliphatic carbocycles. The lowest BCUT2D eigenvalue weighted by atomic mass is 9.96. The third-order valence-corrected chi connectivity index (χ3v) is 10.2. The molecule has 0 N–H and O–H groups in total. The summed E-state index contributed by atoms with van der Waals surface area (Å²) in [5, 5.41) is 12.6. The van der Waals surface area contributed by atoms with Gasteiger partial charge in [-0.3, -0.25) is 0 Å². The first kappa shape index (κ1) is 29.6. The Morgan fingerprint density at radius 2 is 1.68 bits per heavy atom. The lowest BCUT2D eigenvalue weighted by Crippen LogP contribution is -2.14. The highest BCUT2D eigenvalue weighted by Crippen LogP contribution is 2.46. The van der Waals surface area contributed by atoms with E-state index in [1.165, 1.54) is 70.9 Å². The highest BCUT2D eigenvalue weighted by Gasteiger charge is 2.30. The molecule has 4 aromatic carbocycles. The molecule has 11 heteroatoms. The minimum atomic E-state index is -4.29. The summed E-state index contributed by atoms with van der Waals surface area (Å²) in [6.07, 6.45) is 0. The van der Waals surface area contributed by atoms with Crippen molar-refractivity contribution in [2.24, 2.45) is 0 Å². The summed E-state index contributed by atoms with van der Waals surface area (Å²) >= 11 is 13.9. The Kier molecular flexibility index (Phi) is 7.78. The van der Waals surface area contributed by atoms with Gasteiger partial charge in [0.05, 0.1) is 28.8 Å². The van der Waals surface area contributed by atoms with Gasteiger partial charge in [-0.05, 0) is 77.7 Å². The fourth-order valence-electron chi connectivity index (χ4n) is 5.15. The molecule has 0 fully saturated rings. The standard InChI is InChI=1S/C33H19Cl2FN2O4S2/c1-42-33(39)21-5-11-25(28(35)16-21)19-3-2-4-20(15-19)32-31(26-13-14-43-30(26)18-37)27-17-23(36)8-12-29(27)38(32)44(40,41)24-9-6-22(34)7-10-24/h2-17H,1H3. The molecule has 0 saturated heterocycles. The third kappa shape index (κ3) is 5.06. The average molecular weight is 662 g/mol. The van der Waals surface area contributed by atoms with E-state index in [1.54, 1.807) is 47.8 Å². The zero-order valence-electron chi connectivity index (χ0n) is 22.7. The van der Waals surface area contributed by atoms with Crippen molar-refractivity contribution in [2.75, 3.05) is 7.11 Å². The van der Waals surface area contributed by atoms with Gasteiger partial charge in [-0.1, -0.05) is 47.5 Å². The van der Waals surface area contributed by atoms with Crippen molar-refractivity contribution >= 4 is 61.4 Å². The van der Waals surface area contributed by atoms with Crippen LogP contribution >= 0.6 is 34.5 Å². The number of aromatic nitrogens is 1. The van der Waals surface area contributed by atoms with Crippen LogP contribution in [0.1, 0.15) is 15.2 Å². The normalized spacial score (nSPS) is 11.4. The van der Waals surface area contributed by atoms with E-state index in [1.807, 2.05) is 0 Å². The van der Waals surface area contributed by atoms with Gasteiger partial charge in [0.15, 0.2) is 0 Å². The second kappa shape index (κ2) is 11.6. The number of nitrogens with zero attached hydrogens (tertiary/aromatic N) is 2. The summed E-state index contributed by atoms with van der Waals surface area (Å²) in [6.45, 7) is 0. The van der Waals surface area contributed by atoms with Crippen molar-refractivity contribution in [2.45, 2.75) is 4.90 Å². The molecule has 44 heavy (non-hydrogen) atoms. The number of carbonyl (C=O) groups excluding carboxylic acids is 1. The van der Waals surface area contributed by atoms with Crippen LogP contribution in [0.4, 0.5) is 4.39 Å². The SMILES string of the molecule is COC(=O)c1ccc(-c2cccc(-c3c(-c4ccsc4C#N)c4cc(F)ccc4n3S(=O)(=O)c3ccc(Cl)cc3)c2)c(Cl)c1. The van der Waals surface area contributed by atoms with Crippen molar-refractivity contribution in [3.8, 4) is 39.6 Å². The number of nitriles is 1. The van der Waals surface area contributed by atoms with Crippen molar-refractivity contribution in [1.82, 2.24) is 3.97 Å². The Labute approximate surface area is 266 Å². The summed E-state index contributed by atoms with van der Waals surface area (Å²) in [5.74, 6) is -1.10. The number of carbonyl (C=O) groups is 1. The van der Waals surface area contributed by atoms with E-state index >= 15 is 0 Å². The van der Waals surface area contributed by atoms with E-state index in [0.717, 1.165) is 0 Å². The predicted octanol–water partition coefficient (Wildman–Crippen LogP) is 9.04. The highest BCUT2D eigenvalue weighted by atomic mass is 35.5. The molecule has 0 unspecified atom stereocenters. The zero-order valence-corrected chi connectivity index (χ0v) is 25.9. The average Bonchev–Trinajstić information content (AvgIpc) is 3.63. The Morgan fingerprint density at radius 3 is 2.39 bits per heavy atom. The number of thiophene rings is 1. The van der Waals surface area contributed by atoms with Crippen molar-refractivity contribution in [1.29, 1.82) is 5.26 Å². The molecule has 2 aromatic heterocycles. The number of halogens is 3. The van der Waals surface area contributed by atoms with E-state index in [0.29, 0.717) is 43.1 Å². The van der Waals surface area contributed by atoms with Gasteiger partial charge in [0.1, 0.15) is 16.8 Å². The maximum absolute atomic E-state index is 14.8. The van der Waals surface area contributed by atoms with E-state index in [2.05, 4.69) is 6.07 Å². The topological polar surface area (TPSA) is 89.2 Å². The van der Waals surface area contributed by atoms with Gasteiger partial charge < -0.3 is 4.74 Å². The molecular formula is C33H19Cl2FN2O4S2. The van der Waals surface area contributed by atoms with Crippen LogP contribution in [0.3, 0.4) is 0 Å². The fourth-order valence-corrected chi connectivity index (χ4v) is 7.80. The maximum Gasteiger partial charge on any atom is 0.337 e. The number of benzene rings is 4. The van der Waals surface area contributed by atoms with Gasteiger partial charge in [-0.15, -0.1) is 11.3 Å².